The average Bonchev–Trinajstić information content (AvgIpc) is 2.68. The van der Waals surface area contributed by atoms with E-state index in [0.717, 1.165) is 17.5 Å². The summed E-state index contributed by atoms with van der Waals surface area (Å²) in [4.78, 5) is 35.7. The summed E-state index contributed by atoms with van der Waals surface area (Å²) in [5.41, 5.74) is 5.96. The third-order valence-corrected chi connectivity index (χ3v) is 3.93. The molecule has 0 saturated heterocycles. The second kappa shape index (κ2) is 10.0. The lowest BCUT2D eigenvalue weighted by atomic mass is 10.1. The third-order valence-electron chi connectivity index (χ3n) is 3.93. The van der Waals surface area contributed by atoms with Gasteiger partial charge in [-0.3, -0.25) is 14.4 Å². The van der Waals surface area contributed by atoms with Gasteiger partial charge in [0.05, 0.1) is 6.42 Å². The normalized spacial score (nSPS) is 10.9. The average molecular weight is 380 g/mol. The minimum atomic E-state index is -0.905. The Morgan fingerprint density at radius 3 is 2.04 bits per heavy atom. The summed E-state index contributed by atoms with van der Waals surface area (Å²) in [6.07, 6.45) is 0.883. The molecule has 0 saturated carbocycles. The van der Waals surface area contributed by atoms with Crippen LogP contribution >= 0.6 is 0 Å². The first-order valence-corrected chi connectivity index (χ1v) is 8.97. The highest BCUT2D eigenvalue weighted by molar-refractivity contribution is 6.39. The molecule has 28 heavy (non-hydrogen) atoms. The molecule has 0 aromatic heterocycles. The second-order valence-electron chi connectivity index (χ2n) is 6.38. The summed E-state index contributed by atoms with van der Waals surface area (Å²) in [5, 5.41) is 9.04. The molecule has 146 valence electrons. The van der Waals surface area contributed by atoms with Crippen molar-refractivity contribution < 1.29 is 14.4 Å². The quantitative estimate of drug-likeness (QED) is 0.408. The van der Waals surface area contributed by atoms with Crippen molar-refractivity contribution in [1.29, 1.82) is 0 Å². The number of carbonyl (C=O) groups excluding carboxylic acids is 3. The Morgan fingerprint density at radius 2 is 1.43 bits per heavy atom. The number of amides is 3. The topological polar surface area (TPSA) is 99.7 Å². The van der Waals surface area contributed by atoms with Gasteiger partial charge < -0.3 is 10.6 Å². The second-order valence-corrected chi connectivity index (χ2v) is 6.38. The lowest BCUT2D eigenvalue weighted by molar-refractivity contribution is -0.136. The number of aryl methyl sites for hydroxylation is 2. The summed E-state index contributed by atoms with van der Waals surface area (Å²) in [7, 11) is 0. The maximum Gasteiger partial charge on any atom is 0.329 e. The van der Waals surface area contributed by atoms with Crippen molar-refractivity contribution in [2.75, 3.05) is 10.6 Å². The molecule has 0 aliphatic heterocycles. The van der Waals surface area contributed by atoms with Gasteiger partial charge in [-0.15, -0.1) is 0 Å². The van der Waals surface area contributed by atoms with Crippen molar-refractivity contribution in [3.8, 4) is 0 Å². The summed E-state index contributed by atoms with van der Waals surface area (Å²) < 4.78 is 0. The van der Waals surface area contributed by atoms with Crippen molar-refractivity contribution in [2.24, 2.45) is 5.10 Å². The molecule has 0 aliphatic carbocycles. The van der Waals surface area contributed by atoms with Crippen LogP contribution in [-0.4, -0.2) is 23.4 Å². The maximum absolute atomic E-state index is 12.0. The fourth-order valence-corrected chi connectivity index (χ4v) is 2.32. The molecular formula is C21H24N4O3. The van der Waals surface area contributed by atoms with E-state index in [-0.39, 0.29) is 12.3 Å². The van der Waals surface area contributed by atoms with E-state index in [1.165, 1.54) is 0 Å². The van der Waals surface area contributed by atoms with Crippen LogP contribution in [0.3, 0.4) is 0 Å². The molecule has 0 unspecified atom stereocenters. The minimum Gasteiger partial charge on any atom is -0.326 e. The van der Waals surface area contributed by atoms with Gasteiger partial charge in [-0.2, -0.15) is 5.10 Å². The summed E-state index contributed by atoms with van der Waals surface area (Å²) in [6, 6.07) is 14.6. The Bertz CT molecular complexity index is 872. The number of benzene rings is 2. The van der Waals surface area contributed by atoms with Gasteiger partial charge >= 0.3 is 11.8 Å². The molecule has 0 spiro atoms. The van der Waals surface area contributed by atoms with E-state index < -0.39 is 11.8 Å². The van der Waals surface area contributed by atoms with Crippen LogP contribution in [0.1, 0.15) is 31.4 Å². The summed E-state index contributed by atoms with van der Waals surface area (Å²) in [5.74, 6) is -2.00. The van der Waals surface area contributed by atoms with E-state index in [1.807, 2.05) is 38.1 Å². The first kappa shape index (κ1) is 20.8. The van der Waals surface area contributed by atoms with Gasteiger partial charge in [-0.1, -0.05) is 36.8 Å². The molecule has 2 aromatic carbocycles. The van der Waals surface area contributed by atoms with Crippen LogP contribution in [-0.2, 0) is 20.8 Å². The number of anilines is 2. The molecule has 2 aromatic rings. The smallest absolute Gasteiger partial charge is 0.326 e. The Labute approximate surface area is 164 Å². The third kappa shape index (κ3) is 6.68. The number of nitrogens with zero attached hydrogens (tertiary/aromatic N) is 1. The van der Waals surface area contributed by atoms with Gasteiger partial charge in [0.1, 0.15) is 0 Å². The summed E-state index contributed by atoms with van der Waals surface area (Å²) >= 11 is 0. The SMILES string of the molecule is CCc1ccc(NC(=O)C(=O)N/N=C(/C)CC(=O)Nc2ccc(C)cc2)cc1. The lowest BCUT2D eigenvalue weighted by Crippen LogP contribution is -2.33. The summed E-state index contributed by atoms with van der Waals surface area (Å²) in [6.45, 7) is 5.58. The van der Waals surface area contributed by atoms with Crippen LogP contribution in [0, 0.1) is 6.92 Å². The number of rotatable bonds is 6. The van der Waals surface area contributed by atoms with Gasteiger partial charge in [-0.05, 0) is 50.1 Å². The minimum absolute atomic E-state index is 0.00570. The number of carbonyl (C=O) groups is 3. The first-order chi connectivity index (χ1) is 13.4. The number of hydrogen-bond donors (Lipinski definition) is 3. The molecule has 7 heteroatoms. The molecule has 0 aliphatic rings. The van der Waals surface area contributed by atoms with Gasteiger partial charge in [0.15, 0.2) is 0 Å². The van der Waals surface area contributed by atoms with Crippen LogP contribution in [0.25, 0.3) is 0 Å². The first-order valence-electron chi connectivity index (χ1n) is 8.97. The predicted octanol–water partition coefficient (Wildman–Crippen LogP) is 3.02. The van der Waals surface area contributed by atoms with Gasteiger partial charge in [0.2, 0.25) is 5.91 Å². The van der Waals surface area contributed by atoms with E-state index in [1.54, 1.807) is 31.2 Å². The Kier molecular flexibility index (Phi) is 7.45. The molecule has 0 atom stereocenters. The fraction of sp³-hybridized carbons (Fsp3) is 0.238. The van der Waals surface area contributed by atoms with E-state index in [2.05, 4.69) is 21.2 Å². The lowest BCUT2D eigenvalue weighted by Gasteiger charge is -2.07. The predicted molar refractivity (Wildman–Crippen MR) is 110 cm³/mol. The van der Waals surface area contributed by atoms with Crippen molar-refractivity contribution in [3.05, 3.63) is 59.7 Å². The van der Waals surface area contributed by atoms with E-state index in [0.29, 0.717) is 17.1 Å². The standard InChI is InChI=1S/C21H24N4O3/c1-4-16-7-11-18(12-8-16)23-20(27)21(28)25-24-15(3)13-19(26)22-17-9-5-14(2)6-10-17/h5-12H,4,13H2,1-3H3,(H,22,26)(H,23,27)(H,25,28)/b24-15-. The highest BCUT2D eigenvalue weighted by Gasteiger charge is 2.13. The Balaban J connectivity index is 1.81. The van der Waals surface area contributed by atoms with Crippen molar-refractivity contribution in [1.82, 2.24) is 5.43 Å². The zero-order valence-corrected chi connectivity index (χ0v) is 16.2. The molecule has 7 nitrogen and oxygen atoms in total. The van der Waals surface area contributed by atoms with Gasteiger partial charge in [0, 0.05) is 17.1 Å². The van der Waals surface area contributed by atoms with Crippen LogP contribution in [0.15, 0.2) is 53.6 Å². The van der Waals surface area contributed by atoms with Crippen LogP contribution in [0.5, 0.6) is 0 Å². The van der Waals surface area contributed by atoms with E-state index in [4.69, 9.17) is 0 Å². The largest absolute Gasteiger partial charge is 0.329 e. The molecule has 0 bridgehead atoms. The van der Waals surface area contributed by atoms with Crippen molar-refractivity contribution >= 4 is 34.8 Å². The number of nitrogens with one attached hydrogen (secondary N) is 3. The van der Waals surface area contributed by atoms with E-state index in [9.17, 15) is 14.4 Å². The maximum atomic E-state index is 12.0. The molecular weight excluding hydrogens is 356 g/mol. The van der Waals surface area contributed by atoms with Crippen LogP contribution in [0.4, 0.5) is 11.4 Å². The molecule has 0 heterocycles. The highest BCUT2D eigenvalue weighted by Crippen LogP contribution is 2.10. The zero-order valence-electron chi connectivity index (χ0n) is 16.2. The monoisotopic (exact) mass is 380 g/mol. The van der Waals surface area contributed by atoms with Crippen molar-refractivity contribution in [3.63, 3.8) is 0 Å². The molecule has 3 N–H and O–H groups in total. The van der Waals surface area contributed by atoms with Crippen LogP contribution < -0.4 is 16.1 Å². The zero-order chi connectivity index (χ0) is 20.5. The molecule has 3 amide bonds. The molecule has 0 radical (unpaired) electrons. The molecule has 2 rings (SSSR count). The number of hydrazone groups is 1. The highest BCUT2D eigenvalue weighted by atomic mass is 16.2. The fourth-order valence-electron chi connectivity index (χ4n) is 2.32. The Hall–Kier alpha value is -3.48. The van der Waals surface area contributed by atoms with Crippen LogP contribution in [0.2, 0.25) is 0 Å². The van der Waals surface area contributed by atoms with E-state index >= 15 is 0 Å². The Morgan fingerprint density at radius 1 is 0.857 bits per heavy atom. The van der Waals surface area contributed by atoms with Gasteiger partial charge in [0.25, 0.3) is 0 Å². The van der Waals surface area contributed by atoms with Crippen molar-refractivity contribution in [2.45, 2.75) is 33.6 Å². The molecule has 0 fully saturated rings. The number of hydrogen-bond acceptors (Lipinski definition) is 4. The van der Waals surface area contributed by atoms with Gasteiger partial charge in [-0.25, -0.2) is 5.43 Å².